The Kier molecular flexibility index (Phi) is 4.82. The third-order valence-corrected chi connectivity index (χ3v) is 5.02. The van der Waals surface area contributed by atoms with E-state index in [1.165, 1.54) is 11.3 Å². The minimum atomic E-state index is -3.58. The van der Waals surface area contributed by atoms with Gasteiger partial charge in [-0.1, -0.05) is 18.2 Å². The fourth-order valence-corrected chi connectivity index (χ4v) is 3.58. The van der Waals surface area contributed by atoms with Gasteiger partial charge in [0, 0.05) is 18.6 Å². The van der Waals surface area contributed by atoms with Gasteiger partial charge in [0.1, 0.15) is 6.54 Å². The topological polar surface area (TPSA) is 71.7 Å². The van der Waals surface area contributed by atoms with Crippen LogP contribution in [-0.4, -0.2) is 31.7 Å². The minimum Gasteiger partial charge on any atom is -0.327 e. The Morgan fingerprint density at radius 1 is 1.36 bits per heavy atom. The van der Waals surface area contributed by atoms with Gasteiger partial charge < -0.3 is 4.57 Å². The molecule has 0 atom stereocenters. The summed E-state index contributed by atoms with van der Waals surface area (Å²) < 4.78 is 26.8. The summed E-state index contributed by atoms with van der Waals surface area (Å²) in [5, 5.41) is 1.81. The van der Waals surface area contributed by atoms with E-state index in [4.69, 9.17) is 0 Å². The van der Waals surface area contributed by atoms with E-state index in [-0.39, 0.29) is 6.54 Å². The van der Waals surface area contributed by atoms with Crippen LogP contribution < -0.4 is 9.11 Å². The summed E-state index contributed by atoms with van der Waals surface area (Å²) in [4.78, 5) is 16.6. The number of benzene rings is 1. The number of carbonyl (C=O) groups excluding carboxylic acids is 1. The summed E-state index contributed by atoms with van der Waals surface area (Å²) in [6.07, 6.45) is 2.87. The van der Waals surface area contributed by atoms with Crippen LogP contribution in [0.2, 0.25) is 0 Å². The molecule has 0 spiro atoms. The van der Waals surface area contributed by atoms with E-state index in [1.54, 1.807) is 42.9 Å². The molecule has 0 aliphatic heterocycles. The maximum absolute atomic E-state index is 12.1. The van der Waals surface area contributed by atoms with E-state index in [0.29, 0.717) is 10.5 Å². The lowest BCUT2D eigenvalue weighted by Crippen LogP contribution is -2.35. The fourth-order valence-electron chi connectivity index (χ4n) is 1.92. The van der Waals surface area contributed by atoms with Crippen molar-refractivity contribution < 1.29 is 13.2 Å². The fraction of sp³-hybridized carbons (Fsp3) is 0.286. The van der Waals surface area contributed by atoms with Gasteiger partial charge in [-0.2, -0.15) is 4.99 Å². The summed E-state index contributed by atoms with van der Waals surface area (Å²) in [5.41, 5.74) is 1.27. The molecule has 0 radical (unpaired) electrons. The van der Waals surface area contributed by atoms with Crippen LogP contribution in [-0.2, 0) is 21.9 Å². The largest absolute Gasteiger partial charge is 0.327 e. The molecular weight excluding hydrogens is 322 g/mol. The Labute approximate surface area is 133 Å². The van der Waals surface area contributed by atoms with Crippen LogP contribution >= 0.6 is 11.3 Å². The van der Waals surface area contributed by atoms with Gasteiger partial charge in [0.25, 0.3) is 5.91 Å². The van der Waals surface area contributed by atoms with Crippen molar-refractivity contribution in [1.29, 1.82) is 0 Å². The highest BCUT2D eigenvalue weighted by Gasteiger charge is 2.21. The van der Waals surface area contributed by atoms with Gasteiger partial charge in [0.2, 0.25) is 10.0 Å². The molecule has 2 aromatic rings. The quantitative estimate of drug-likeness (QED) is 0.842. The number of hydrogen-bond donors (Lipinski definition) is 0. The molecule has 0 fully saturated rings. The number of rotatable bonds is 4. The molecule has 0 aliphatic rings. The highest BCUT2D eigenvalue weighted by Crippen LogP contribution is 2.21. The Morgan fingerprint density at radius 2 is 2.05 bits per heavy atom. The number of hydrogen-bond acceptors (Lipinski definition) is 4. The number of anilines is 1. The Balaban J connectivity index is 2.36. The molecule has 1 aromatic carbocycles. The van der Waals surface area contributed by atoms with Crippen molar-refractivity contribution in [2.24, 2.45) is 12.0 Å². The second-order valence-electron chi connectivity index (χ2n) is 4.86. The van der Waals surface area contributed by atoms with E-state index in [1.807, 2.05) is 11.4 Å². The molecule has 0 N–H and O–H groups in total. The molecule has 0 unspecified atom stereocenters. The van der Waals surface area contributed by atoms with Gasteiger partial charge in [0.05, 0.1) is 11.9 Å². The monoisotopic (exact) mass is 339 g/mol. The zero-order chi connectivity index (χ0) is 16.3. The van der Waals surface area contributed by atoms with Crippen molar-refractivity contribution in [3.63, 3.8) is 0 Å². The first-order valence-electron chi connectivity index (χ1n) is 6.50. The summed E-state index contributed by atoms with van der Waals surface area (Å²) in [6.45, 7) is 1.48. The lowest BCUT2D eigenvalue weighted by atomic mass is 10.2. The number of amides is 1. The van der Waals surface area contributed by atoms with Gasteiger partial charge in [-0.15, -0.1) is 11.3 Å². The maximum atomic E-state index is 12.1. The molecule has 1 aromatic heterocycles. The summed E-state index contributed by atoms with van der Waals surface area (Å²) in [6, 6.07) is 7.03. The Hall–Kier alpha value is -1.93. The smallest absolute Gasteiger partial charge is 0.269 e. The lowest BCUT2D eigenvalue weighted by molar-refractivity contribution is -0.116. The van der Waals surface area contributed by atoms with E-state index in [9.17, 15) is 13.2 Å². The molecular formula is C14H17N3O3S2. The molecule has 1 heterocycles. The normalized spacial score (nSPS) is 12.4. The number of para-hydroxylation sites is 1. The first-order chi connectivity index (χ1) is 10.3. The SMILES string of the molecule is Cc1ccccc1N(CC(=O)N=c1sccn1C)S(C)(=O)=O. The zero-order valence-electron chi connectivity index (χ0n) is 12.6. The third kappa shape index (κ3) is 3.83. The van der Waals surface area contributed by atoms with Gasteiger partial charge in [-0.05, 0) is 18.6 Å². The molecule has 0 saturated heterocycles. The predicted molar refractivity (Wildman–Crippen MR) is 87.2 cm³/mol. The molecule has 1 amide bonds. The van der Waals surface area contributed by atoms with E-state index >= 15 is 0 Å². The van der Waals surface area contributed by atoms with Crippen LogP contribution in [0.25, 0.3) is 0 Å². The van der Waals surface area contributed by atoms with Crippen molar-refractivity contribution in [3.05, 3.63) is 46.2 Å². The van der Waals surface area contributed by atoms with E-state index in [0.717, 1.165) is 16.1 Å². The predicted octanol–water partition coefficient (Wildman–Crippen LogP) is 1.29. The van der Waals surface area contributed by atoms with Crippen LogP contribution in [0, 0.1) is 6.92 Å². The molecule has 0 aliphatic carbocycles. The van der Waals surface area contributed by atoms with Crippen molar-refractivity contribution >= 4 is 33.0 Å². The summed E-state index contributed by atoms with van der Waals surface area (Å²) in [7, 11) is -1.80. The highest BCUT2D eigenvalue weighted by atomic mass is 32.2. The second kappa shape index (κ2) is 6.45. The second-order valence-corrected chi connectivity index (χ2v) is 7.64. The van der Waals surface area contributed by atoms with E-state index in [2.05, 4.69) is 4.99 Å². The molecule has 8 heteroatoms. The van der Waals surface area contributed by atoms with Crippen LogP contribution in [0.5, 0.6) is 0 Å². The third-order valence-electron chi connectivity index (χ3n) is 3.04. The lowest BCUT2D eigenvalue weighted by Gasteiger charge is -2.22. The molecule has 6 nitrogen and oxygen atoms in total. The first kappa shape index (κ1) is 16.4. The maximum Gasteiger partial charge on any atom is 0.269 e. The van der Waals surface area contributed by atoms with E-state index < -0.39 is 15.9 Å². The van der Waals surface area contributed by atoms with Crippen LogP contribution in [0.3, 0.4) is 0 Å². The highest BCUT2D eigenvalue weighted by molar-refractivity contribution is 7.92. The molecule has 2 rings (SSSR count). The van der Waals surface area contributed by atoms with Crippen LogP contribution in [0.15, 0.2) is 40.8 Å². The number of aromatic nitrogens is 1. The molecule has 0 bridgehead atoms. The van der Waals surface area contributed by atoms with Crippen molar-refractivity contribution in [2.75, 3.05) is 17.1 Å². The average molecular weight is 339 g/mol. The van der Waals surface area contributed by atoms with Gasteiger partial charge in [-0.25, -0.2) is 8.42 Å². The molecule has 22 heavy (non-hydrogen) atoms. The average Bonchev–Trinajstić information content (AvgIpc) is 2.81. The zero-order valence-corrected chi connectivity index (χ0v) is 14.2. The van der Waals surface area contributed by atoms with Gasteiger partial charge >= 0.3 is 0 Å². The number of nitrogens with zero attached hydrogens (tertiary/aromatic N) is 3. The van der Waals surface area contributed by atoms with Crippen LogP contribution in [0.1, 0.15) is 5.56 Å². The minimum absolute atomic E-state index is 0.318. The molecule has 0 saturated carbocycles. The number of thiazole rings is 1. The summed E-state index contributed by atoms with van der Waals surface area (Å²) >= 11 is 1.32. The number of sulfonamides is 1. The van der Waals surface area contributed by atoms with Crippen molar-refractivity contribution in [3.8, 4) is 0 Å². The standard InChI is InChI=1S/C14H17N3O3S2/c1-11-6-4-5-7-12(11)17(22(3,19)20)10-13(18)15-14-16(2)8-9-21-14/h4-9H,10H2,1-3H3. The molecule has 118 valence electrons. The van der Waals surface area contributed by atoms with Gasteiger partial charge in [-0.3, -0.25) is 9.10 Å². The Bertz CT molecular complexity index is 850. The van der Waals surface area contributed by atoms with Gasteiger partial charge in [0.15, 0.2) is 4.80 Å². The first-order valence-corrected chi connectivity index (χ1v) is 9.23. The Morgan fingerprint density at radius 3 is 2.59 bits per heavy atom. The number of aryl methyl sites for hydroxylation is 2. The van der Waals surface area contributed by atoms with Crippen molar-refractivity contribution in [2.45, 2.75) is 6.92 Å². The van der Waals surface area contributed by atoms with Crippen molar-refractivity contribution in [1.82, 2.24) is 4.57 Å². The number of carbonyl (C=O) groups is 1. The van der Waals surface area contributed by atoms with Crippen LogP contribution in [0.4, 0.5) is 5.69 Å². The summed E-state index contributed by atoms with van der Waals surface area (Å²) in [5.74, 6) is -0.508.